The van der Waals surface area contributed by atoms with Crippen LogP contribution in [-0.2, 0) is 4.74 Å². The van der Waals surface area contributed by atoms with E-state index in [2.05, 4.69) is 26.2 Å². The standard InChI is InChI=1S/C25H25N5O3S/c1-16-13-25(15-33-16)6-10-29(11-7-25)24-28-14-20(22-27-9-12-30(22)24)34-19-5-8-26-21-17(19)3-2-4-18(21)23(31)32/h2-5,8-9,12,14,16H,6-7,10-11,13,15H2,1H3,(H,31,32)/t16-/m0/s1. The Bertz CT molecular complexity index is 1400. The van der Waals surface area contributed by atoms with E-state index in [1.165, 1.54) is 11.8 Å². The smallest absolute Gasteiger partial charge is 0.337 e. The average molecular weight is 476 g/mol. The van der Waals surface area contributed by atoms with E-state index in [1.807, 2.05) is 24.5 Å². The van der Waals surface area contributed by atoms with E-state index in [9.17, 15) is 9.90 Å². The summed E-state index contributed by atoms with van der Waals surface area (Å²) in [7, 11) is 0. The Kier molecular flexibility index (Phi) is 5.18. The van der Waals surface area contributed by atoms with Crippen molar-refractivity contribution in [2.45, 2.75) is 42.1 Å². The zero-order chi connectivity index (χ0) is 23.3. The number of piperidine rings is 1. The topological polar surface area (TPSA) is 92.9 Å². The van der Waals surface area contributed by atoms with Crippen molar-refractivity contribution in [3.8, 4) is 0 Å². The molecule has 2 fully saturated rings. The Balaban J connectivity index is 1.31. The highest BCUT2D eigenvalue weighted by Crippen LogP contribution is 2.43. The Hall–Kier alpha value is -3.17. The number of aromatic carboxylic acids is 1. The third-order valence-corrected chi connectivity index (χ3v) is 8.14. The van der Waals surface area contributed by atoms with Gasteiger partial charge in [0.05, 0.1) is 28.7 Å². The molecule has 0 saturated carbocycles. The van der Waals surface area contributed by atoms with Crippen molar-refractivity contribution in [3.05, 3.63) is 54.6 Å². The van der Waals surface area contributed by atoms with Gasteiger partial charge in [0.1, 0.15) is 0 Å². The lowest BCUT2D eigenvalue weighted by atomic mass is 9.77. The van der Waals surface area contributed by atoms with Crippen LogP contribution in [0, 0.1) is 5.41 Å². The van der Waals surface area contributed by atoms with Gasteiger partial charge in [0.15, 0.2) is 5.65 Å². The molecular weight excluding hydrogens is 450 g/mol. The Morgan fingerprint density at radius 1 is 1.15 bits per heavy atom. The molecule has 1 spiro atoms. The summed E-state index contributed by atoms with van der Waals surface area (Å²) in [4.78, 5) is 29.6. The van der Waals surface area contributed by atoms with Crippen molar-refractivity contribution >= 4 is 40.2 Å². The molecule has 8 nitrogen and oxygen atoms in total. The number of rotatable bonds is 4. The fraction of sp³-hybridized carbons (Fsp3) is 0.360. The molecule has 1 N–H and O–H groups in total. The van der Waals surface area contributed by atoms with Gasteiger partial charge in [-0.25, -0.2) is 14.8 Å². The van der Waals surface area contributed by atoms with Crippen LogP contribution >= 0.6 is 11.8 Å². The molecule has 2 saturated heterocycles. The molecule has 2 aliphatic rings. The van der Waals surface area contributed by atoms with Crippen LogP contribution < -0.4 is 4.90 Å². The van der Waals surface area contributed by atoms with E-state index in [4.69, 9.17) is 9.72 Å². The summed E-state index contributed by atoms with van der Waals surface area (Å²) >= 11 is 1.53. The molecule has 0 radical (unpaired) electrons. The number of carboxylic acids is 1. The fourth-order valence-corrected chi connectivity index (χ4v) is 6.28. The predicted molar refractivity (Wildman–Crippen MR) is 130 cm³/mol. The molecule has 174 valence electrons. The summed E-state index contributed by atoms with van der Waals surface area (Å²) in [6, 6.07) is 7.14. The molecule has 34 heavy (non-hydrogen) atoms. The maximum atomic E-state index is 11.6. The Morgan fingerprint density at radius 2 is 2.00 bits per heavy atom. The van der Waals surface area contributed by atoms with Crippen molar-refractivity contribution in [2.75, 3.05) is 24.6 Å². The molecule has 5 heterocycles. The molecule has 0 amide bonds. The van der Waals surface area contributed by atoms with Crippen molar-refractivity contribution in [2.24, 2.45) is 5.41 Å². The number of anilines is 1. The predicted octanol–water partition coefficient (Wildman–Crippen LogP) is 4.52. The van der Waals surface area contributed by atoms with Crippen molar-refractivity contribution in [1.82, 2.24) is 19.4 Å². The van der Waals surface area contributed by atoms with Crippen LogP contribution in [0.4, 0.5) is 5.95 Å². The Labute approximate surface area is 201 Å². The van der Waals surface area contributed by atoms with Gasteiger partial charge in [0, 0.05) is 48.2 Å². The summed E-state index contributed by atoms with van der Waals surface area (Å²) in [6.45, 7) is 4.95. The number of nitrogens with zero attached hydrogens (tertiary/aromatic N) is 5. The second-order valence-corrected chi connectivity index (χ2v) is 10.4. The summed E-state index contributed by atoms with van der Waals surface area (Å²) in [5, 5.41) is 10.3. The number of aromatic nitrogens is 4. The zero-order valence-corrected chi connectivity index (χ0v) is 19.7. The largest absolute Gasteiger partial charge is 0.478 e. The number of carbonyl (C=O) groups is 1. The highest BCUT2D eigenvalue weighted by atomic mass is 32.2. The highest BCUT2D eigenvalue weighted by Gasteiger charge is 2.41. The van der Waals surface area contributed by atoms with E-state index in [-0.39, 0.29) is 5.56 Å². The summed E-state index contributed by atoms with van der Waals surface area (Å²) < 4.78 is 7.93. The minimum Gasteiger partial charge on any atom is -0.478 e. The first-order valence-electron chi connectivity index (χ1n) is 11.5. The van der Waals surface area contributed by atoms with E-state index >= 15 is 0 Å². The van der Waals surface area contributed by atoms with Crippen LogP contribution in [0.25, 0.3) is 16.6 Å². The van der Waals surface area contributed by atoms with Crippen molar-refractivity contribution < 1.29 is 14.6 Å². The molecule has 4 aromatic rings. The molecule has 6 rings (SSSR count). The van der Waals surface area contributed by atoms with Gasteiger partial charge < -0.3 is 14.7 Å². The summed E-state index contributed by atoms with van der Waals surface area (Å²) in [6.07, 6.45) is 11.0. The number of benzene rings is 1. The zero-order valence-electron chi connectivity index (χ0n) is 18.8. The number of hydrogen-bond acceptors (Lipinski definition) is 7. The van der Waals surface area contributed by atoms with Gasteiger partial charge in [0.2, 0.25) is 5.95 Å². The minimum absolute atomic E-state index is 0.198. The van der Waals surface area contributed by atoms with Crippen LogP contribution in [0.1, 0.15) is 36.5 Å². The van der Waals surface area contributed by atoms with Crippen LogP contribution in [0.15, 0.2) is 58.8 Å². The first-order chi connectivity index (χ1) is 16.5. The van der Waals surface area contributed by atoms with E-state index in [0.717, 1.165) is 65.7 Å². The van der Waals surface area contributed by atoms with Crippen LogP contribution in [0.3, 0.4) is 0 Å². The van der Waals surface area contributed by atoms with Gasteiger partial charge in [-0.15, -0.1) is 0 Å². The molecule has 2 aliphatic heterocycles. The quantitative estimate of drug-likeness (QED) is 0.460. The number of para-hydroxylation sites is 1. The third-order valence-electron chi connectivity index (χ3n) is 7.06. The van der Waals surface area contributed by atoms with Gasteiger partial charge in [0.25, 0.3) is 0 Å². The van der Waals surface area contributed by atoms with Crippen LogP contribution in [0.2, 0.25) is 0 Å². The number of pyridine rings is 1. The lowest BCUT2D eigenvalue weighted by Gasteiger charge is -2.39. The lowest BCUT2D eigenvalue weighted by molar-refractivity contribution is 0.0698. The van der Waals surface area contributed by atoms with Crippen molar-refractivity contribution in [1.29, 1.82) is 0 Å². The molecule has 9 heteroatoms. The lowest BCUT2D eigenvalue weighted by Crippen LogP contribution is -2.41. The number of carboxylic acid groups (broad SMARTS) is 1. The number of hydrogen-bond donors (Lipinski definition) is 1. The maximum absolute atomic E-state index is 11.6. The molecular formula is C25H25N5O3S. The number of fused-ring (bicyclic) bond motifs is 2. The molecule has 1 atom stereocenters. The van der Waals surface area contributed by atoms with Crippen LogP contribution in [-0.4, -0.2) is 56.2 Å². The van der Waals surface area contributed by atoms with Gasteiger partial charge in [-0.05, 0) is 43.7 Å². The normalized spacial score (nSPS) is 19.9. The maximum Gasteiger partial charge on any atom is 0.337 e. The highest BCUT2D eigenvalue weighted by molar-refractivity contribution is 7.99. The van der Waals surface area contributed by atoms with E-state index in [0.29, 0.717) is 17.0 Å². The first kappa shape index (κ1) is 21.4. The van der Waals surface area contributed by atoms with Gasteiger partial charge >= 0.3 is 5.97 Å². The third kappa shape index (κ3) is 3.59. The molecule has 0 aliphatic carbocycles. The van der Waals surface area contributed by atoms with E-state index in [1.54, 1.807) is 24.5 Å². The minimum atomic E-state index is -0.983. The van der Waals surface area contributed by atoms with Gasteiger partial charge in [-0.3, -0.25) is 9.38 Å². The number of ether oxygens (including phenoxy) is 1. The molecule has 0 bridgehead atoms. The second-order valence-electron chi connectivity index (χ2n) is 9.27. The molecule has 0 unspecified atom stereocenters. The monoisotopic (exact) mass is 475 g/mol. The fourth-order valence-electron chi connectivity index (χ4n) is 5.30. The SMILES string of the molecule is C[C@H]1CC2(CCN(c3ncc(Sc4ccnc5c(C(=O)O)cccc45)c4nccn34)CC2)CO1. The van der Waals surface area contributed by atoms with Crippen LogP contribution in [0.5, 0.6) is 0 Å². The van der Waals surface area contributed by atoms with Gasteiger partial charge in [-0.1, -0.05) is 23.9 Å². The molecule has 1 aromatic carbocycles. The second kappa shape index (κ2) is 8.25. The van der Waals surface area contributed by atoms with E-state index < -0.39 is 5.97 Å². The van der Waals surface area contributed by atoms with Crippen molar-refractivity contribution in [3.63, 3.8) is 0 Å². The summed E-state index contributed by atoms with van der Waals surface area (Å²) in [5.41, 5.74) is 1.84. The first-order valence-corrected chi connectivity index (χ1v) is 12.3. The molecule has 3 aromatic heterocycles. The summed E-state index contributed by atoms with van der Waals surface area (Å²) in [5.74, 6) is -0.0738. The van der Waals surface area contributed by atoms with Gasteiger partial charge in [-0.2, -0.15) is 0 Å². The average Bonchev–Trinajstić information content (AvgIpc) is 3.47. The Morgan fingerprint density at radius 3 is 2.76 bits per heavy atom. The number of imidazole rings is 1.